The molecule has 0 spiro atoms. The van der Waals surface area contributed by atoms with Crippen LogP contribution in [0.15, 0.2) is 24.3 Å². The highest BCUT2D eigenvalue weighted by Crippen LogP contribution is 2.63. The highest BCUT2D eigenvalue weighted by molar-refractivity contribution is 5.99. The second-order valence-electron chi connectivity index (χ2n) is 5.80. The van der Waals surface area contributed by atoms with Crippen LogP contribution in [-0.2, 0) is 10.4 Å². The molecule has 1 aliphatic rings. The summed E-state index contributed by atoms with van der Waals surface area (Å²) in [6, 6.07) is 5.71. The zero-order valence-electron chi connectivity index (χ0n) is 10.5. The van der Waals surface area contributed by atoms with Crippen molar-refractivity contribution in [3.05, 3.63) is 35.6 Å². The van der Waals surface area contributed by atoms with Gasteiger partial charge in [-0.25, -0.2) is 4.39 Å². The molecule has 1 aliphatic carbocycles. The maximum Gasteiger partial charge on any atom is 0.150 e. The van der Waals surface area contributed by atoms with Crippen LogP contribution >= 0.6 is 0 Å². The highest BCUT2D eigenvalue weighted by atomic mass is 19.1. The summed E-state index contributed by atoms with van der Waals surface area (Å²) in [7, 11) is 0. The maximum atomic E-state index is 12.9. The largest absolute Gasteiger partial charge is 0.383 e. The minimum Gasteiger partial charge on any atom is -0.383 e. The number of hydrogen-bond acceptors (Lipinski definition) is 2. The van der Waals surface area contributed by atoms with Crippen LogP contribution in [-0.4, -0.2) is 10.9 Å². The standard InChI is InChI=1S/C14H17FO2/c1-12(2)11(16)13(3,4)14(12,17)9-5-7-10(15)8-6-9/h5-8,17H,1-4H3. The van der Waals surface area contributed by atoms with Crippen LogP contribution < -0.4 is 0 Å². The first-order valence-electron chi connectivity index (χ1n) is 5.69. The molecule has 0 atom stereocenters. The van der Waals surface area contributed by atoms with Crippen LogP contribution in [0.2, 0.25) is 0 Å². The Morgan fingerprint density at radius 3 is 1.82 bits per heavy atom. The first kappa shape index (κ1) is 12.2. The molecule has 17 heavy (non-hydrogen) atoms. The van der Waals surface area contributed by atoms with Gasteiger partial charge in [0.05, 0.1) is 10.8 Å². The van der Waals surface area contributed by atoms with E-state index < -0.39 is 16.4 Å². The lowest BCUT2D eigenvalue weighted by molar-refractivity contribution is -0.230. The van der Waals surface area contributed by atoms with Crippen molar-refractivity contribution in [2.24, 2.45) is 10.8 Å². The summed E-state index contributed by atoms with van der Waals surface area (Å²) in [4.78, 5) is 12.0. The topological polar surface area (TPSA) is 37.3 Å². The molecule has 0 radical (unpaired) electrons. The molecule has 0 saturated heterocycles. The summed E-state index contributed by atoms with van der Waals surface area (Å²) >= 11 is 0. The zero-order chi connectivity index (χ0) is 13.1. The van der Waals surface area contributed by atoms with E-state index in [1.165, 1.54) is 12.1 Å². The smallest absolute Gasteiger partial charge is 0.150 e. The third-order valence-electron chi connectivity index (χ3n) is 4.21. The maximum absolute atomic E-state index is 12.9. The number of benzene rings is 1. The van der Waals surface area contributed by atoms with Gasteiger partial charge in [-0.15, -0.1) is 0 Å². The van der Waals surface area contributed by atoms with Crippen molar-refractivity contribution in [2.75, 3.05) is 0 Å². The Kier molecular flexibility index (Phi) is 2.28. The molecular formula is C14H17FO2. The Labute approximate surface area is 100 Å². The van der Waals surface area contributed by atoms with Gasteiger partial charge in [0, 0.05) is 0 Å². The number of Topliss-reactive ketones (excluding diaryl/α,β-unsaturated/α-hetero) is 1. The molecule has 0 unspecified atom stereocenters. The van der Waals surface area contributed by atoms with Gasteiger partial charge in [-0.3, -0.25) is 4.79 Å². The van der Waals surface area contributed by atoms with E-state index in [0.717, 1.165) is 0 Å². The molecule has 0 aliphatic heterocycles. The van der Waals surface area contributed by atoms with E-state index in [9.17, 15) is 14.3 Å². The van der Waals surface area contributed by atoms with Crippen molar-refractivity contribution < 1.29 is 14.3 Å². The summed E-state index contributed by atoms with van der Waals surface area (Å²) in [6.07, 6.45) is 0. The van der Waals surface area contributed by atoms with Crippen LogP contribution in [0.4, 0.5) is 4.39 Å². The van der Waals surface area contributed by atoms with Crippen molar-refractivity contribution in [3.8, 4) is 0 Å². The molecule has 0 amide bonds. The molecule has 1 N–H and O–H groups in total. The molecular weight excluding hydrogens is 219 g/mol. The number of aliphatic hydroxyl groups is 1. The molecule has 2 rings (SSSR count). The third kappa shape index (κ3) is 1.20. The summed E-state index contributed by atoms with van der Waals surface area (Å²) < 4.78 is 12.9. The molecule has 1 fully saturated rings. The van der Waals surface area contributed by atoms with Crippen LogP contribution in [0.25, 0.3) is 0 Å². The fourth-order valence-corrected chi connectivity index (χ4v) is 3.24. The quantitative estimate of drug-likeness (QED) is 0.814. The molecule has 1 aromatic rings. The normalized spacial score (nSPS) is 24.2. The summed E-state index contributed by atoms with van der Waals surface area (Å²) in [5.74, 6) is -0.324. The predicted octanol–water partition coefficient (Wildman–Crippen LogP) is 2.65. The average Bonchev–Trinajstić information content (AvgIpc) is 2.27. The summed E-state index contributed by atoms with van der Waals surface area (Å²) in [5, 5.41) is 10.9. The van der Waals surface area contributed by atoms with E-state index in [2.05, 4.69) is 0 Å². The second-order valence-corrected chi connectivity index (χ2v) is 5.80. The molecule has 0 bridgehead atoms. The lowest BCUT2D eigenvalue weighted by Crippen LogP contribution is -2.71. The molecule has 3 heteroatoms. The van der Waals surface area contributed by atoms with E-state index in [1.807, 2.05) is 0 Å². The Bertz CT molecular complexity index is 454. The monoisotopic (exact) mass is 236 g/mol. The van der Waals surface area contributed by atoms with Gasteiger partial charge in [-0.2, -0.15) is 0 Å². The van der Waals surface area contributed by atoms with Crippen LogP contribution in [0, 0.1) is 16.6 Å². The third-order valence-corrected chi connectivity index (χ3v) is 4.21. The molecule has 2 nitrogen and oxygen atoms in total. The van der Waals surface area contributed by atoms with Gasteiger partial charge in [0.1, 0.15) is 11.4 Å². The fraction of sp³-hybridized carbons (Fsp3) is 0.500. The lowest BCUT2D eigenvalue weighted by atomic mass is 9.42. The van der Waals surface area contributed by atoms with Crippen molar-refractivity contribution in [1.82, 2.24) is 0 Å². The van der Waals surface area contributed by atoms with Crippen LogP contribution in [0.3, 0.4) is 0 Å². The zero-order valence-corrected chi connectivity index (χ0v) is 10.5. The fourth-order valence-electron chi connectivity index (χ4n) is 3.24. The minimum absolute atomic E-state index is 0.0248. The van der Waals surface area contributed by atoms with Gasteiger partial charge in [0.15, 0.2) is 5.78 Å². The summed E-state index contributed by atoms with van der Waals surface area (Å²) in [5.41, 5.74) is -2.33. The average molecular weight is 236 g/mol. The first-order chi connectivity index (χ1) is 7.65. The van der Waals surface area contributed by atoms with E-state index >= 15 is 0 Å². The van der Waals surface area contributed by atoms with Crippen molar-refractivity contribution >= 4 is 5.78 Å². The van der Waals surface area contributed by atoms with Gasteiger partial charge in [0.25, 0.3) is 0 Å². The molecule has 1 aromatic carbocycles. The number of hydrogen-bond donors (Lipinski definition) is 1. The number of halogens is 1. The lowest BCUT2D eigenvalue weighted by Gasteiger charge is -2.62. The van der Waals surface area contributed by atoms with Gasteiger partial charge in [-0.1, -0.05) is 12.1 Å². The predicted molar refractivity (Wildman–Crippen MR) is 62.9 cm³/mol. The SMILES string of the molecule is CC1(C)C(=O)C(C)(C)C1(O)c1ccc(F)cc1. The van der Waals surface area contributed by atoms with Crippen LogP contribution in [0.1, 0.15) is 33.3 Å². The van der Waals surface area contributed by atoms with Crippen molar-refractivity contribution in [3.63, 3.8) is 0 Å². The molecule has 0 heterocycles. The minimum atomic E-state index is -1.25. The van der Waals surface area contributed by atoms with E-state index in [4.69, 9.17) is 0 Å². The second kappa shape index (κ2) is 3.16. The Balaban J connectivity index is 2.56. The molecule has 92 valence electrons. The highest BCUT2D eigenvalue weighted by Gasteiger charge is 2.72. The Hall–Kier alpha value is -1.22. The van der Waals surface area contributed by atoms with Crippen molar-refractivity contribution in [2.45, 2.75) is 33.3 Å². The molecule has 0 aromatic heterocycles. The van der Waals surface area contributed by atoms with E-state index in [1.54, 1.807) is 39.8 Å². The van der Waals surface area contributed by atoms with Crippen molar-refractivity contribution in [1.29, 1.82) is 0 Å². The van der Waals surface area contributed by atoms with Gasteiger partial charge >= 0.3 is 0 Å². The van der Waals surface area contributed by atoms with E-state index in [-0.39, 0.29) is 11.6 Å². The van der Waals surface area contributed by atoms with Gasteiger partial charge in [0.2, 0.25) is 0 Å². The van der Waals surface area contributed by atoms with E-state index in [0.29, 0.717) is 5.56 Å². The number of carbonyl (C=O) groups is 1. The van der Waals surface area contributed by atoms with Gasteiger partial charge < -0.3 is 5.11 Å². The number of rotatable bonds is 1. The van der Waals surface area contributed by atoms with Crippen LogP contribution in [0.5, 0.6) is 0 Å². The number of ketones is 1. The first-order valence-corrected chi connectivity index (χ1v) is 5.69. The Morgan fingerprint density at radius 1 is 1.00 bits per heavy atom. The molecule has 1 saturated carbocycles. The number of carbonyl (C=O) groups excluding carboxylic acids is 1. The summed E-state index contributed by atoms with van der Waals surface area (Å²) in [6.45, 7) is 6.90. The van der Waals surface area contributed by atoms with Gasteiger partial charge in [-0.05, 0) is 45.4 Å². The Morgan fingerprint density at radius 2 is 1.41 bits per heavy atom.